The minimum absolute atomic E-state index is 0.163. The average molecular weight is 371 g/mol. The van der Waals surface area contributed by atoms with Gasteiger partial charge in [-0.15, -0.1) is 0 Å². The second-order valence-electron chi connectivity index (χ2n) is 6.86. The minimum atomic E-state index is -0.909. The number of carbonyl (C=O) groups is 2. The fourth-order valence-corrected chi connectivity index (χ4v) is 3.82. The van der Waals surface area contributed by atoms with Crippen molar-refractivity contribution in [3.63, 3.8) is 0 Å². The molecule has 2 atom stereocenters. The van der Waals surface area contributed by atoms with Gasteiger partial charge in [-0.1, -0.05) is 6.07 Å². The van der Waals surface area contributed by atoms with E-state index >= 15 is 0 Å². The van der Waals surface area contributed by atoms with Crippen molar-refractivity contribution >= 4 is 11.9 Å². The van der Waals surface area contributed by atoms with Gasteiger partial charge in [0.15, 0.2) is 11.5 Å². The number of ether oxygens (including phenoxy) is 2. The molecule has 142 valence electrons. The molecular weight excluding hydrogens is 350 g/mol. The number of amides is 1. The molecule has 1 fully saturated rings. The van der Waals surface area contributed by atoms with Crippen LogP contribution in [-0.4, -0.2) is 51.5 Å². The third-order valence-corrected chi connectivity index (χ3v) is 5.17. The Balaban J connectivity index is 1.62. The number of hydrogen-bond acceptors (Lipinski definition) is 5. The van der Waals surface area contributed by atoms with Gasteiger partial charge in [-0.25, -0.2) is 0 Å². The highest BCUT2D eigenvalue weighted by atomic mass is 16.7. The van der Waals surface area contributed by atoms with Crippen LogP contribution in [0.25, 0.3) is 0 Å². The van der Waals surface area contributed by atoms with Gasteiger partial charge in [-0.2, -0.15) is 5.10 Å². The summed E-state index contributed by atoms with van der Waals surface area (Å²) in [4.78, 5) is 26.4. The van der Waals surface area contributed by atoms with Gasteiger partial charge >= 0.3 is 5.97 Å². The lowest BCUT2D eigenvalue weighted by Crippen LogP contribution is -2.31. The van der Waals surface area contributed by atoms with Gasteiger partial charge in [0, 0.05) is 25.6 Å². The predicted octanol–water partition coefficient (Wildman–Crippen LogP) is 1.88. The van der Waals surface area contributed by atoms with Crippen molar-refractivity contribution in [1.29, 1.82) is 0 Å². The molecule has 0 bridgehead atoms. The first-order chi connectivity index (χ1) is 13.0. The summed E-state index contributed by atoms with van der Waals surface area (Å²) in [7, 11) is 0. The van der Waals surface area contributed by atoms with Crippen LogP contribution < -0.4 is 9.47 Å². The third-order valence-electron chi connectivity index (χ3n) is 5.17. The van der Waals surface area contributed by atoms with E-state index in [4.69, 9.17) is 9.47 Å². The summed E-state index contributed by atoms with van der Waals surface area (Å²) in [6.45, 7) is 5.00. The molecule has 4 rings (SSSR count). The number of rotatable bonds is 4. The van der Waals surface area contributed by atoms with E-state index in [1.165, 1.54) is 0 Å². The van der Waals surface area contributed by atoms with Gasteiger partial charge < -0.3 is 19.5 Å². The molecule has 1 aromatic carbocycles. The molecule has 1 saturated heterocycles. The number of carboxylic acids is 1. The maximum absolute atomic E-state index is 13.0. The average Bonchev–Trinajstić information content (AvgIpc) is 3.37. The highest BCUT2D eigenvalue weighted by Gasteiger charge is 2.41. The molecule has 8 nitrogen and oxygen atoms in total. The Labute approximate surface area is 156 Å². The van der Waals surface area contributed by atoms with Gasteiger partial charge in [0.05, 0.1) is 11.6 Å². The predicted molar refractivity (Wildman–Crippen MR) is 95.0 cm³/mol. The summed E-state index contributed by atoms with van der Waals surface area (Å²) in [5.41, 5.74) is 2.09. The van der Waals surface area contributed by atoms with Crippen molar-refractivity contribution in [1.82, 2.24) is 14.7 Å². The van der Waals surface area contributed by atoms with Crippen molar-refractivity contribution < 1.29 is 24.2 Å². The second-order valence-corrected chi connectivity index (χ2v) is 6.86. The SMILES string of the molecule is CCn1nc(C)cc1C(=O)N1C[C@@H](C(=O)O)[C@H](c2ccc3c(c2)OCO3)C1. The number of aromatic nitrogens is 2. The topological polar surface area (TPSA) is 93.9 Å². The van der Waals surface area contributed by atoms with E-state index in [1.54, 1.807) is 21.7 Å². The number of likely N-dealkylation sites (tertiary alicyclic amines) is 1. The lowest BCUT2D eigenvalue weighted by atomic mass is 9.89. The molecule has 27 heavy (non-hydrogen) atoms. The zero-order chi connectivity index (χ0) is 19.1. The molecule has 0 spiro atoms. The van der Waals surface area contributed by atoms with Crippen LogP contribution in [0, 0.1) is 12.8 Å². The molecule has 1 N–H and O–H groups in total. The standard InChI is InChI=1S/C19H21N3O5/c1-3-22-15(6-11(2)20-22)18(23)21-8-13(14(9-21)19(24)25)12-4-5-16-17(7-12)27-10-26-16/h4-7,13-14H,3,8-10H2,1-2H3,(H,24,25)/t13-,14+/m0/s1. The zero-order valence-electron chi connectivity index (χ0n) is 15.2. The van der Waals surface area contributed by atoms with Crippen molar-refractivity contribution in [3.05, 3.63) is 41.2 Å². The molecule has 2 aliphatic rings. The van der Waals surface area contributed by atoms with Crippen LogP contribution in [-0.2, 0) is 11.3 Å². The molecule has 0 unspecified atom stereocenters. The second kappa shape index (κ2) is 6.61. The number of aliphatic carboxylic acids is 1. The smallest absolute Gasteiger partial charge is 0.308 e. The summed E-state index contributed by atoms with van der Waals surface area (Å²) >= 11 is 0. The van der Waals surface area contributed by atoms with Gasteiger partial charge in [0.25, 0.3) is 5.91 Å². The van der Waals surface area contributed by atoms with E-state index in [-0.39, 0.29) is 25.2 Å². The fraction of sp³-hybridized carbons (Fsp3) is 0.421. The van der Waals surface area contributed by atoms with Crippen molar-refractivity contribution in [3.8, 4) is 11.5 Å². The van der Waals surface area contributed by atoms with Crippen LogP contribution in [0.1, 0.15) is 34.6 Å². The summed E-state index contributed by atoms with van der Waals surface area (Å²) in [5, 5.41) is 14.0. The maximum Gasteiger partial charge on any atom is 0.308 e. The first-order valence-corrected chi connectivity index (χ1v) is 8.94. The Morgan fingerprint density at radius 3 is 2.74 bits per heavy atom. The quantitative estimate of drug-likeness (QED) is 0.882. The largest absolute Gasteiger partial charge is 0.481 e. The lowest BCUT2D eigenvalue weighted by Gasteiger charge is -2.17. The molecule has 3 heterocycles. The third kappa shape index (κ3) is 3.01. The number of fused-ring (bicyclic) bond motifs is 1. The maximum atomic E-state index is 13.0. The van der Waals surface area contributed by atoms with E-state index < -0.39 is 11.9 Å². The van der Waals surface area contributed by atoms with E-state index in [0.717, 1.165) is 11.3 Å². The Hall–Kier alpha value is -3.03. The van der Waals surface area contributed by atoms with Crippen molar-refractivity contribution in [2.45, 2.75) is 26.3 Å². The zero-order valence-corrected chi connectivity index (χ0v) is 15.2. The van der Waals surface area contributed by atoms with Crippen LogP contribution in [0.4, 0.5) is 0 Å². The first kappa shape index (κ1) is 17.4. The van der Waals surface area contributed by atoms with Crippen LogP contribution in [0.3, 0.4) is 0 Å². The van der Waals surface area contributed by atoms with Crippen LogP contribution >= 0.6 is 0 Å². The molecule has 8 heteroatoms. The molecule has 0 aliphatic carbocycles. The number of carbonyl (C=O) groups excluding carboxylic acids is 1. The Kier molecular flexibility index (Phi) is 4.25. The van der Waals surface area contributed by atoms with E-state index in [9.17, 15) is 14.7 Å². The number of aryl methyl sites for hydroxylation is 2. The summed E-state index contributed by atoms with van der Waals surface area (Å²) in [6, 6.07) is 7.20. The van der Waals surface area contributed by atoms with Gasteiger partial charge in [0.2, 0.25) is 6.79 Å². The van der Waals surface area contributed by atoms with Crippen molar-refractivity contribution in [2.24, 2.45) is 5.92 Å². The molecule has 2 aliphatic heterocycles. The van der Waals surface area contributed by atoms with E-state index in [0.29, 0.717) is 30.3 Å². The molecular formula is C19H21N3O5. The number of hydrogen-bond donors (Lipinski definition) is 1. The molecule has 1 aromatic heterocycles. The monoisotopic (exact) mass is 371 g/mol. The highest BCUT2D eigenvalue weighted by Crippen LogP contribution is 2.39. The Morgan fingerprint density at radius 1 is 1.22 bits per heavy atom. The van der Waals surface area contributed by atoms with E-state index in [1.807, 2.05) is 26.0 Å². The molecule has 2 aromatic rings. The van der Waals surface area contributed by atoms with Crippen LogP contribution in [0.5, 0.6) is 11.5 Å². The molecule has 0 radical (unpaired) electrons. The normalized spacial score (nSPS) is 20.9. The van der Waals surface area contributed by atoms with Gasteiger partial charge in [0.1, 0.15) is 5.69 Å². The first-order valence-electron chi connectivity index (χ1n) is 8.94. The number of nitrogens with zero attached hydrogens (tertiary/aromatic N) is 3. The summed E-state index contributed by atoms with van der Waals surface area (Å²) in [5.74, 6) is -0.812. The van der Waals surface area contributed by atoms with Crippen LogP contribution in [0.15, 0.2) is 24.3 Å². The number of carboxylic acid groups (broad SMARTS) is 1. The van der Waals surface area contributed by atoms with E-state index in [2.05, 4.69) is 5.10 Å². The summed E-state index contributed by atoms with van der Waals surface area (Å²) < 4.78 is 12.4. The molecule has 1 amide bonds. The van der Waals surface area contributed by atoms with Gasteiger partial charge in [-0.3, -0.25) is 14.3 Å². The Morgan fingerprint density at radius 2 is 2.00 bits per heavy atom. The van der Waals surface area contributed by atoms with Crippen LogP contribution in [0.2, 0.25) is 0 Å². The Bertz CT molecular complexity index is 907. The fourth-order valence-electron chi connectivity index (χ4n) is 3.82. The number of benzene rings is 1. The van der Waals surface area contributed by atoms with Gasteiger partial charge in [-0.05, 0) is 37.6 Å². The summed E-state index contributed by atoms with van der Waals surface area (Å²) in [6.07, 6.45) is 0. The highest BCUT2D eigenvalue weighted by molar-refractivity contribution is 5.93. The molecule has 0 saturated carbocycles. The lowest BCUT2D eigenvalue weighted by molar-refractivity contribution is -0.141. The minimum Gasteiger partial charge on any atom is -0.481 e. The van der Waals surface area contributed by atoms with Crippen molar-refractivity contribution in [2.75, 3.05) is 19.9 Å².